The summed E-state index contributed by atoms with van der Waals surface area (Å²) in [6.07, 6.45) is 0. The van der Waals surface area contributed by atoms with Crippen molar-refractivity contribution in [3.05, 3.63) is 41.5 Å². The molecule has 0 aromatic heterocycles. The summed E-state index contributed by atoms with van der Waals surface area (Å²) in [7, 11) is 0. The van der Waals surface area contributed by atoms with E-state index in [1.165, 1.54) is 6.07 Å². The maximum absolute atomic E-state index is 11.1. The Morgan fingerprint density at radius 3 is 2.39 bits per heavy atom. The first-order chi connectivity index (χ1) is 8.30. The number of fused-ring (bicyclic) bond motifs is 1. The Balaban J connectivity index is 2.84. The van der Waals surface area contributed by atoms with Crippen LogP contribution in [0.5, 0.6) is 5.75 Å². The summed E-state index contributed by atoms with van der Waals surface area (Å²) in [6.45, 7) is 6.24. The molecular formula is C15H16O3. The van der Waals surface area contributed by atoms with E-state index >= 15 is 0 Å². The molecule has 0 fully saturated rings. The van der Waals surface area contributed by atoms with Crippen LogP contribution < -0.4 is 0 Å². The standard InChI is InChI=1S/C15H16O3/c1-15(2,3)12-6-4-5-9-7-13(16)11(14(17)18)8-10(9)12/h4-8,16H,1-3H3,(H,17,18). The van der Waals surface area contributed by atoms with Crippen LogP contribution in [0, 0.1) is 0 Å². The van der Waals surface area contributed by atoms with Gasteiger partial charge in [-0.2, -0.15) is 0 Å². The van der Waals surface area contributed by atoms with Crippen molar-refractivity contribution < 1.29 is 15.0 Å². The van der Waals surface area contributed by atoms with Crippen LogP contribution >= 0.6 is 0 Å². The number of carboxylic acids is 1. The number of hydrogen-bond donors (Lipinski definition) is 2. The minimum atomic E-state index is -1.11. The minimum Gasteiger partial charge on any atom is -0.507 e. The SMILES string of the molecule is CC(C)(C)c1cccc2cc(O)c(C(=O)O)cc12. The highest BCUT2D eigenvalue weighted by Gasteiger charge is 2.19. The fourth-order valence-electron chi connectivity index (χ4n) is 2.14. The molecule has 0 bridgehead atoms. The molecule has 2 N–H and O–H groups in total. The van der Waals surface area contributed by atoms with E-state index in [0.29, 0.717) is 0 Å². The molecule has 0 atom stereocenters. The molecule has 0 heterocycles. The van der Waals surface area contributed by atoms with E-state index in [0.717, 1.165) is 16.3 Å². The van der Waals surface area contributed by atoms with Gasteiger partial charge in [-0.25, -0.2) is 4.79 Å². The number of carbonyl (C=O) groups is 1. The Morgan fingerprint density at radius 1 is 1.17 bits per heavy atom. The maximum atomic E-state index is 11.1. The van der Waals surface area contributed by atoms with Crippen molar-refractivity contribution in [2.24, 2.45) is 0 Å². The Bertz CT molecular complexity index is 621. The first-order valence-electron chi connectivity index (χ1n) is 5.80. The van der Waals surface area contributed by atoms with Crippen LogP contribution in [-0.2, 0) is 5.41 Å². The predicted molar refractivity (Wildman–Crippen MR) is 71.3 cm³/mol. The first-order valence-corrected chi connectivity index (χ1v) is 5.80. The third kappa shape index (κ3) is 2.04. The lowest BCUT2D eigenvalue weighted by molar-refractivity contribution is 0.0694. The Morgan fingerprint density at radius 2 is 1.83 bits per heavy atom. The van der Waals surface area contributed by atoms with Crippen molar-refractivity contribution in [1.82, 2.24) is 0 Å². The van der Waals surface area contributed by atoms with Gasteiger partial charge in [0.1, 0.15) is 11.3 Å². The number of rotatable bonds is 1. The van der Waals surface area contributed by atoms with E-state index < -0.39 is 5.97 Å². The van der Waals surface area contributed by atoms with Crippen molar-refractivity contribution in [2.75, 3.05) is 0 Å². The van der Waals surface area contributed by atoms with Crippen LogP contribution in [0.15, 0.2) is 30.3 Å². The zero-order chi connectivity index (χ0) is 13.5. The fraction of sp³-hybridized carbons (Fsp3) is 0.267. The molecule has 0 amide bonds. The van der Waals surface area contributed by atoms with Crippen LogP contribution in [0.2, 0.25) is 0 Å². The molecule has 0 radical (unpaired) electrons. The zero-order valence-corrected chi connectivity index (χ0v) is 10.7. The van der Waals surface area contributed by atoms with Gasteiger partial charge < -0.3 is 10.2 Å². The molecule has 2 aromatic carbocycles. The molecule has 0 aliphatic carbocycles. The van der Waals surface area contributed by atoms with E-state index in [1.54, 1.807) is 6.07 Å². The summed E-state index contributed by atoms with van der Waals surface area (Å²) in [6, 6.07) is 8.84. The lowest BCUT2D eigenvalue weighted by Crippen LogP contribution is -2.11. The lowest BCUT2D eigenvalue weighted by atomic mass is 9.83. The van der Waals surface area contributed by atoms with Gasteiger partial charge in [0, 0.05) is 0 Å². The monoisotopic (exact) mass is 244 g/mol. The molecule has 0 saturated heterocycles. The second kappa shape index (κ2) is 4.02. The van der Waals surface area contributed by atoms with Crippen LogP contribution in [-0.4, -0.2) is 16.2 Å². The van der Waals surface area contributed by atoms with Crippen molar-refractivity contribution >= 4 is 16.7 Å². The van der Waals surface area contributed by atoms with Gasteiger partial charge in [-0.3, -0.25) is 0 Å². The van der Waals surface area contributed by atoms with Crippen LogP contribution in [0.3, 0.4) is 0 Å². The molecule has 94 valence electrons. The molecular weight excluding hydrogens is 228 g/mol. The van der Waals surface area contributed by atoms with Gasteiger partial charge in [0.25, 0.3) is 0 Å². The minimum absolute atomic E-state index is 0.0563. The van der Waals surface area contributed by atoms with Crippen molar-refractivity contribution in [3.63, 3.8) is 0 Å². The number of hydrogen-bond acceptors (Lipinski definition) is 2. The smallest absolute Gasteiger partial charge is 0.339 e. The normalized spacial score (nSPS) is 11.7. The van der Waals surface area contributed by atoms with Gasteiger partial charge in [-0.05, 0) is 33.9 Å². The first kappa shape index (κ1) is 12.4. The fourth-order valence-corrected chi connectivity index (χ4v) is 2.14. The predicted octanol–water partition coefficient (Wildman–Crippen LogP) is 3.54. The summed E-state index contributed by atoms with van der Waals surface area (Å²) in [5.41, 5.74) is 0.938. The highest BCUT2D eigenvalue weighted by atomic mass is 16.4. The summed E-state index contributed by atoms with van der Waals surface area (Å²) in [5.74, 6) is -1.31. The van der Waals surface area contributed by atoms with E-state index in [9.17, 15) is 9.90 Å². The average molecular weight is 244 g/mol. The molecule has 18 heavy (non-hydrogen) atoms. The largest absolute Gasteiger partial charge is 0.507 e. The van der Waals surface area contributed by atoms with Gasteiger partial charge in [0.05, 0.1) is 0 Å². The summed E-state index contributed by atoms with van der Waals surface area (Å²) < 4.78 is 0. The molecule has 0 unspecified atom stereocenters. The van der Waals surface area contributed by atoms with E-state index in [2.05, 4.69) is 20.8 Å². The molecule has 0 spiro atoms. The van der Waals surface area contributed by atoms with Crippen LogP contribution in [0.25, 0.3) is 10.8 Å². The molecule has 0 aliphatic rings. The van der Waals surface area contributed by atoms with Gasteiger partial charge in [0.15, 0.2) is 0 Å². The molecule has 2 aromatic rings. The van der Waals surface area contributed by atoms with Gasteiger partial charge in [0.2, 0.25) is 0 Å². The quantitative estimate of drug-likeness (QED) is 0.806. The number of aromatic hydroxyl groups is 1. The number of benzene rings is 2. The summed E-state index contributed by atoms with van der Waals surface area (Å²) in [5, 5.41) is 20.5. The topological polar surface area (TPSA) is 57.5 Å². The number of phenols is 1. The molecule has 3 heteroatoms. The van der Waals surface area contributed by atoms with Crippen molar-refractivity contribution in [3.8, 4) is 5.75 Å². The molecule has 0 aliphatic heterocycles. The molecule has 0 saturated carbocycles. The Kier molecular flexibility index (Phi) is 2.77. The molecule has 3 nitrogen and oxygen atoms in total. The van der Waals surface area contributed by atoms with E-state index in [1.807, 2.05) is 18.2 Å². The second-order valence-corrected chi connectivity index (χ2v) is 5.45. The molecule has 2 rings (SSSR count). The average Bonchev–Trinajstić information content (AvgIpc) is 2.25. The van der Waals surface area contributed by atoms with Crippen LogP contribution in [0.1, 0.15) is 36.7 Å². The Hall–Kier alpha value is -2.03. The Labute approximate surface area is 106 Å². The van der Waals surface area contributed by atoms with Gasteiger partial charge in [-0.15, -0.1) is 0 Å². The lowest BCUT2D eigenvalue weighted by Gasteiger charge is -2.21. The highest BCUT2D eigenvalue weighted by molar-refractivity contribution is 5.98. The van der Waals surface area contributed by atoms with Crippen LogP contribution in [0.4, 0.5) is 0 Å². The maximum Gasteiger partial charge on any atom is 0.339 e. The van der Waals surface area contributed by atoms with E-state index in [4.69, 9.17) is 5.11 Å². The summed E-state index contributed by atoms with van der Waals surface area (Å²) in [4.78, 5) is 11.1. The van der Waals surface area contributed by atoms with Gasteiger partial charge >= 0.3 is 5.97 Å². The third-order valence-electron chi connectivity index (χ3n) is 3.04. The van der Waals surface area contributed by atoms with E-state index in [-0.39, 0.29) is 16.7 Å². The van der Waals surface area contributed by atoms with Crippen molar-refractivity contribution in [1.29, 1.82) is 0 Å². The van der Waals surface area contributed by atoms with Gasteiger partial charge in [-0.1, -0.05) is 39.0 Å². The number of carboxylic acid groups (broad SMARTS) is 1. The highest BCUT2D eigenvalue weighted by Crippen LogP contribution is 2.33. The summed E-state index contributed by atoms with van der Waals surface area (Å²) >= 11 is 0. The van der Waals surface area contributed by atoms with Crippen molar-refractivity contribution in [2.45, 2.75) is 26.2 Å². The second-order valence-electron chi connectivity index (χ2n) is 5.45. The number of aromatic carboxylic acids is 1. The zero-order valence-electron chi connectivity index (χ0n) is 10.7. The third-order valence-corrected chi connectivity index (χ3v) is 3.04.